The summed E-state index contributed by atoms with van der Waals surface area (Å²) < 4.78 is 10.7. The molecule has 0 heterocycles. The summed E-state index contributed by atoms with van der Waals surface area (Å²) in [6.07, 6.45) is 21.4. The van der Waals surface area contributed by atoms with Crippen molar-refractivity contribution < 1.29 is 19.1 Å². The molecule has 0 aliphatic heterocycles. The maximum Gasteiger partial charge on any atom is 0.331 e. The summed E-state index contributed by atoms with van der Waals surface area (Å²) in [5.41, 5.74) is 0.217. The van der Waals surface area contributed by atoms with Gasteiger partial charge in [-0.2, -0.15) is 0 Å². The molecule has 4 aliphatic carbocycles. The topological polar surface area (TPSA) is 52.6 Å². The second kappa shape index (κ2) is 11.9. The van der Waals surface area contributed by atoms with Gasteiger partial charge in [-0.05, 0) is 62.7 Å². The first-order chi connectivity index (χ1) is 14.6. The molecule has 0 aromatic rings. The predicted molar refractivity (Wildman–Crippen MR) is 119 cm³/mol. The summed E-state index contributed by atoms with van der Waals surface area (Å²) in [6.45, 7) is 3.19. The van der Waals surface area contributed by atoms with Crippen LogP contribution >= 0.6 is 0 Å². The predicted octanol–water partition coefficient (Wildman–Crippen LogP) is 6.38. The van der Waals surface area contributed by atoms with E-state index in [1.807, 2.05) is 0 Å². The van der Waals surface area contributed by atoms with Crippen molar-refractivity contribution >= 4 is 11.9 Å². The largest absolute Gasteiger partial charge is 0.463 e. The Labute approximate surface area is 183 Å². The minimum absolute atomic E-state index is 0.217. The fourth-order valence-corrected chi connectivity index (χ4v) is 6.51. The van der Waals surface area contributed by atoms with Crippen LogP contribution in [-0.4, -0.2) is 25.2 Å². The van der Waals surface area contributed by atoms with Gasteiger partial charge in [0.05, 0.1) is 13.2 Å². The summed E-state index contributed by atoms with van der Waals surface area (Å²) in [5.74, 6) is 1.69. The zero-order valence-corrected chi connectivity index (χ0v) is 19.0. The van der Waals surface area contributed by atoms with Crippen molar-refractivity contribution in [2.45, 2.75) is 103 Å². The minimum atomic E-state index is -0.443. The van der Waals surface area contributed by atoms with Gasteiger partial charge < -0.3 is 9.47 Å². The SMILES string of the molecule is CCCCCCCCCCCOC(=O)/C=C/C(=O)OCC12CC3CC(CC(C3)C1)C2. The number of carbonyl (C=O) groups excluding carboxylic acids is 2. The van der Waals surface area contributed by atoms with E-state index in [0.29, 0.717) is 13.2 Å². The van der Waals surface area contributed by atoms with Gasteiger partial charge >= 0.3 is 11.9 Å². The molecule has 0 atom stereocenters. The van der Waals surface area contributed by atoms with Crippen molar-refractivity contribution in [2.75, 3.05) is 13.2 Å². The van der Waals surface area contributed by atoms with Crippen LogP contribution in [0.2, 0.25) is 0 Å². The molecule has 4 rings (SSSR count). The van der Waals surface area contributed by atoms with E-state index in [1.165, 1.54) is 95.6 Å². The van der Waals surface area contributed by atoms with E-state index in [9.17, 15) is 9.59 Å². The van der Waals surface area contributed by atoms with Crippen LogP contribution in [0.15, 0.2) is 12.2 Å². The lowest BCUT2D eigenvalue weighted by atomic mass is 9.50. The third kappa shape index (κ3) is 7.42. The molecule has 4 heteroatoms. The third-order valence-electron chi connectivity index (χ3n) is 7.53. The highest BCUT2D eigenvalue weighted by atomic mass is 16.5. The normalized spacial score (nSPS) is 29.4. The number of rotatable bonds is 14. The Morgan fingerprint density at radius 1 is 0.733 bits per heavy atom. The first kappa shape index (κ1) is 23.3. The Hall–Kier alpha value is -1.32. The molecular weight excluding hydrogens is 376 g/mol. The Bertz CT molecular complexity index is 544. The Balaban J connectivity index is 1.21. The minimum Gasteiger partial charge on any atom is -0.463 e. The first-order valence-electron chi connectivity index (χ1n) is 12.6. The summed E-state index contributed by atoms with van der Waals surface area (Å²) >= 11 is 0. The first-order valence-corrected chi connectivity index (χ1v) is 12.6. The van der Waals surface area contributed by atoms with E-state index < -0.39 is 11.9 Å². The number of unbranched alkanes of at least 4 members (excludes halogenated alkanes) is 8. The maximum atomic E-state index is 12.1. The molecule has 4 fully saturated rings. The van der Waals surface area contributed by atoms with Crippen LogP contribution in [0.3, 0.4) is 0 Å². The molecule has 0 aromatic heterocycles. The van der Waals surface area contributed by atoms with E-state index in [2.05, 4.69) is 6.92 Å². The maximum absolute atomic E-state index is 12.1. The number of hydrogen-bond acceptors (Lipinski definition) is 4. The van der Waals surface area contributed by atoms with Gasteiger partial charge in [0.1, 0.15) is 0 Å². The summed E-state index contributed by atoms with van der Waals surface area (Å²) in [5, 5.41) is 0. The highest BCUT2D eigenvalue weighted by molar-refractivity contribution is 5.91. The van der Waals surface area contributed by atoms with Gasteiger partial charge in [-0.25, -0.2) is 9.59 Å². The van der Waals surface area contributed by atoms with Crippen LogP contribution in [0.4, 0.5) is 0 Å². The molecule has 0 unspecified atom stereocenters. The van der Waals surface area contributed by atoms with Gasteiger partial charge in [-0.1, -0.05) is 58.3 Å². The highest BCUT2D eigenvalue weighted by Crippen LogP contribution is 2.60. The second-order valence-corrected chi connectivity index (χ2v) is 10.4. The Morgan fingerprint density at radius 3 is 1.73 bits per heavy atom. The van der Waals surface area contributed by atoms with Crippen molar-refractivity contribution in [1.29, 1.82) is 0 Å². The molecular formula is C26H42O4. The molecule has 170 valence electrons. The van der Waals surface area contributed by atoms with Crippen LogP contribution in [-0.2, 0) is 19.1 Å². The molecule has 30 heavy (non-hydrogen) atoms. The molecule has 0 N–H and O–H groups in total. The fourth-order valence-electron chi connectivity index (χ4n) is 6.51. The van der Waals surface area contributed by atoms with Gasteiger partial charge in [-0.15, -0.1) is 0 Å². The molecule has 4 aliphatic rings. The van der Waals surface area contributed by atoms with Crippen molar-refractivity contribution in [3.63, 3.8) is 0 Å². The number of carbonyl (C=O) groups is 2. The van der Waals surface area contributed by atoms with E-state index in [-0.39, 0.29) is 5.41 Å². The quantitative estimate of drug-likeness (QED) is 0.187. The summed E-state index contributed by atoms with van der Waals surface area (Å²) in [7, 11) is 0. The van der Waals surface area contributed by atoms with Crippen LogP contribution in [0, 0.1) is 23.2 Å². The van der Waals surface area contributed by atoms with Gasteiger partial charge in [0.25, 0.3) is 0 Å². The van der Waals surface area contributed by atoms with Crippen molar-refractivity contribution in [3.8, 4) is 0 Å². The smallest absolute Gasteiger partial charge is 0.331 e. The summed E-state index contributed by atoms with van der Waals surface area (Å²) in [4.78, 5) is 23.9. The van der Waals surface area contributed by atoms with E-state index >= 15 is 0 Å². The third-order valence-corrected chi connectivity index (χ3v) is 7.53. The molecule has 0 radical (unpaired) electrons. The van der Waals surface area contributed by atoms with Crippen LogP contribution in [0.1, 0.15) is 103 Å². The monoisotopic (exact) mass is 418 g/mol. The average Bonchev–Trinajstić information content (AvgIpc) is 2.71. The zero-order chi connectivity index (χ0) is 21.2. The molecule has 0 spiro atoms. The van der Waals surface area contributed by atoms with Crippen molar-refractivity contribution in [1.82, 2.24) is 0 Å². The molecule has 0 aromatic carbocycles. The lowest BCUT2D eigenvalue weighted by molar-refractivity contribution is -0.150. The van der Waals surface area contributed by atoms with E-state index in [4.69, 9.17) is 9.47 Å². The van der Waals surface area contributed by atoms with Crippen LogP contribution in [0.5, 0.6) is 0 Å². The summed E-state index contributed by atoms with van der Waals surface area (Å²) in [6, 6.07) is 0. The Morgan fingerprint density at radius 2 is 1.20 bits per heavy atom. The number of ether oxygens (including phenoxy) is 2. The van der Waals surface area contributed by atoms with Crippen LogP contribution in [0.25, 0.3) is 0 Å². The van der Waals surface area contributed by atoms with Gasteiger partial charge in [0.15, 0.2) is 0 Å². The highest BCUT2D eigenvalue weighted by Gasteiger charge is 2.51. The van der Waals surface area contributed by atoms with Gasteiger partial charge in [-0.3, -0.25) is 0 Å². The molecule has 4 saturated carbocycles. The molecule has 4 nitrogen and oxygen atoms in total. The number of esters is 2. The van der Waals surface area contributed by atoms with Crippen molar-refractivity contribution in [3.05, 3.63) is 12.2 Å². The fraction of sp³-hybridized carbons (Fsp3) is 0.846. The lowest BCUT2D eigenvalue weighted by Crippen LogP contribution is -2.48. The number of hydrogen-bond donors (Lipinski definition) is 0. The molecule has 4 bridgehead atoms. The zero-order valence-electron chi connectivity index (χ0n) is 19.0. The van der Waals surface area contributed by atoms with Crippen molar-refractivity contribution in [2.24, 2.45) is 23.2 Å². The Kier molecular flexibility index (Phi) is 9.27. The van der Waals surface area contributed by atoms with E-state index in [0.717, 1.165) is 30.6 Å². The van der Waals surface area contributed by atoms with E-state index in [1.54, 1.807) is 0 Å². The van der Waals surface area contributed by atoms with Gasteiger partial charge in [0, 0.05) is 17.6 Å². The lowest BCUT2D eigenvalue weighted by Gasteiger charge is -2.56. The average molecular weight is 419 g/mol. The second-order valence-electron chi connectivity index (χ2n) is 10.4. The standard InChI is InChI=1S/C26H42O4/c1-2-3-4-5-6-7-8-9-10-13-29-24(27)11-12-25(28)30-20-26-17-21-14-22(18-26)16-23(15-21)19-26/h11-12,21-23H,2-10,13-20H2,1H3/b12-11+. The van der Waals surface area contributed by atoms with Crippen LogP contribution < -0.4 is 0 Å². The molecule has 0 amide bonds. The molecule has 0 saturated heterocycles. The van der Waals surface area contributed by atoms with Gasteiger partial charge in [0.2, 0.25) is 0 Å².